The third-order valence-corrected chi connectivity index (χ3v) is 3.49. The van der Waals surface area contributed by atoms with Gasteiger partial charge in [-0.3, -0.25) is 4.79 Å². The summed E-state index contributed by atoms with van der Waals surface area (Å²) in [6.45, 7) is 1.73. The number of carbonyl (C=O) groups excluding carboxylic acids is 1. The standard InChI is InChI=1S/C18H18N2O2/c1-14(12-13-19)20-17(21)18(22,15-8-4-2-5-9-15)16-10-6-3-7-11-16/h2-11,14,22H,12H2,1H3,(H,20,21). The van der Waals surface area contributed by atoms with Crippen LogP contribution in [0.5, 0.6) is 0 Å². The van der Waals surface area contributed by atoms with Crippen molar-refractivity contribution < 1.29 is 9.90 Å². The Morgan fingerprint density at radius 2 is 1.59 bits per heavy atom. The van der Waals surface area contributed by atoms with Gasteiger partial charge in [-0.2, -0.15) is 5.26 Å². The van der Waals surface area contributed by atoms with E-state index in [1.54, 1.807) is 55.5 Å². The summed E-state index contributed by atoms with van der Waals surface area (Å²) in [7, 11) is 0. The highest BCUT2D eigenvalue weighted by atomic mass is 16.3. The number of rotatable bonds is 5. The Balaban J connectivity index is 2.43. The van der Waals surface area contributed by atoms with Gasteiger partial charge in [-0.05, 0) is 18.1 Å². The highest BCUT2D eigenvalue weighted by Gasteiger charge is 2.40. The third-order valence-electron chi connectivity index (χ3n) is 3.49. The number of benzene rings is 2. The average molecular weight is 294 g/mol. The fourth-order valence-corrected chi connectivity index (χ4v) is 2.30. The Morgan fingerprint density at radius 3 is 2.00 bits per heavy atom. The number of hydrogen-bond donors (Lipinski definition) is 2. The average Bonchev–Trinajstić information content (AvgIpc) is 2.55. The molecule has 4 heteroatoms. The normalized spacial score (nSPS) is 12.2. The van der Waals surface area contributed by atoms with E-state index in [0.29, 0.717) is 11.1 Å². The van der Waals surface area contributed by atoms with Crippen LogP contribution >= 0.6 is 0 Å². The van der Waals surface area contributed by atoms with Crippen LogP contribution in [0.4, 0.5) is 0 Å². The maximum atomic E-state index is 12.7. The van der Waals surface area contributed by atoms with Gasteiger partial charge in [0.2, 0.25) is 0 Å². The van der Waals surface area contributed by atoms with E-state index < -0.39 is 11.5 Å². The molecule has 0 aromatic heterocycles. The van der Waals surface area contributed by atoms with Gasteiger partial charge >= 0.3 is 0 Å². The maximum Gasteiger partial charge on any atom is 0.261 e. The molecule has 0 bridgehead atoms. The molecule has 0 saturated heterocycles. The van der Waals surface area contributed by atoms with Crippen molar-refractivity contribution >= 4 is 5.91 Å². The van der Waals surface area contributed by atoms with E-state index in [1.165, 1.54) is 0 Å². The SMILES string of the molecule is CC(CC#N)NC(=O)C(O)(c1ccccc1)c1ccccc1. The van der Waals surface area contributed by atoms with Crippen LogP contribution in [-0.2, 0) is 10.4 Å². The number of nitrogens with one attached hydrogen (secondary N) is 1. The molecule has 112 valence electrons. The predicted molar refractivity (Wildman–Crippen MR) is 83.7 cm³/mol. The molecule has 1 unspecified atom stereocenters. The molecule has 2 rings (SSSR count). The lowest BCUT2D eigenvalue weighted by Gasteiger charge is -2.29. The fourth-order valence-electron chi connectivity index (χ4n) is 2.30. The van der Waals surface area contributed by atoms with E-state index >= 15 is 0 Å². The summed E-state index contributed by atoms with van der Waals surface area (Å²) in [5.74, 6) is -0.535. The zero-order valence-electron chi connectivity index (χ0n) is 12.4. The van der Waals surface area contributed by atoms with Crippen LogP contribution in [0.3, 0.4) is 0 Å². The van der Waals surface area contributed by atoms with Crippen LogP contribution in [0.15, 0.2) is 60.7 Å². The monoisotopic (exact) mass is 294 g/mol. The molecule has 2 aromatic carbocycles. The predicted octanol–water partition coefficient (Wildman–Crippen LogP) is 2.34. The summed E-state index contributed by atoms with van der Waals surface area (Å²) in [6.07, 6.45) is 0.186. The van der Waals surface area contributed by atoms with Crippen molar-refractivity contribution in [1.82, 2.24) is 5.32 Å². The van der Waals surface area contributed by atoms with E-state index in [1.807, 2.05) is 18.2 Å². The first-order valence-electron chi connectivity index (χ1n) is 7.10. The van der Waals surface area contributed by atoms with Crippen LogP contribution in [0.2, 0.25) is 0 Å². The van der Waals surface area contributed by atoms with E-state index in [-0.39, 0.29) is 12.5 Å². The number of hydrogen-bond acceptors (Lipinski definition) is 3. The van der Waals surface area contributed by atoms with Crippen LogP contribution in [0, 0.1) is 11.3 Å². The van der Waals surface area contributed by atoms with Crippen molar-refractivity contribution in [2.24, 2.45) is 0 Å². The Hall–Kier alpha value is -2.64. The molecule has 4 nitrogen and oxygen atoms in total. The summed E-state index contributed by atoms with van der Waals surface area (Å²) in [4.78, 5) is 12.7. The lowest BCUT2D eigenvalue weighted by molar-refractivity contribution is -0.137. The van der Waals surface area contributed by atoms with E-state index in [0.717, 1.165) is 0 Å². The van der Waals surface area contributed by atoms with Crippen molar-refractivity contribution in [3.05, 3.63) is 71.8 Å². The highest BCUT2D eigenvalue weighted by Crippen LogP contribution is 2.30. The minimum atomic E-state index is -1.79. The Kier molecular flexibility index (Phi) is 4.92. The van der Waals surface area contributed by atoms with E-state index in [9.17, 15) is 9.90 Å². The van der Waals surface area contributed by atoms with Gasteiger partial charge in [0, 0.05) is 6.04 Å². The summed E-state index contributed by atoms with van der Waals surface area (Å²) < 4.78 is 0. The Labute approximate surface area is 130 Å². The molecular formula is C18H18N2O2. The van der Waals surface area contributed by atoms with Gasteiger partial charge in [-0.15, -0.1) is 0 Å². The number of nitrogens with zero attached hydrogens (tertiary/aromatic N) is 1. The Bertz CT molecular complexity index is 623. The van der Waals surface area contributed by atoms with Gasteiger partial charge in [0.05, 0.1) is 12.5 Å². The zero-order chi connectivity index (χ0) is 16.0. The van der Waals surface area contributed by atoms with Gasteiger partial charge in [0.25, 0.3) is 5.91 Å². The molecule has 0 aliphatic carbocycles. The summed E-state index contributed by atoms with van der Waals surface area (Å²) in [5.41, 5.74) is -0.808. The molecule has 2 N–H and O–H groups in total. The lowest BCUT2D eigenvalue weighted by atomic mass is 9.85. The number of carbonyl (C=O) groups is 1. The topological polar surface area (TPSA) is 73.1 Å². The van der Waals surface area contributed by atoms with Crippen LogP contribution in [-0.4, -0.2) is 17.1 Å². The summed E-state index contributed by atoms with van der Waals surface area (Å²) in [6, 6.07) is 19.3. The number of aliphatic hydroxyl groups is 1. The Morgan fingerprint density at radius 1 is 1.14 bits per heavy atom. The molecule has 0 radical (unpaired) electrons. The minimum Gasteiger partial charge on any atom is -0.372 e. The summed E-state index contributed by atoms with van der Waals surface area (Å²) >= 11 is 0. The molecule has 2 aromatic rings. The lowest BCUT2D eigenvalue weighted by Crippen LogP contribution is -2.48. The summed E-state index contributed by atoms with van der Waals surface area (Å²) in [5, 5.41) is 22.6. The van der Waals surface area contributed by atoms with Gasteiger partial charge in [0.1, 0.15) is 0 Å². The van der Waals surface area contributed by atoms with E-state index in [4.69, 9.17) is 5.26 Å². The van der Waals surface area contributed by atoms with Crippen molar-refractivity contribution in [2.45, 2.75) is 25.0 Å². The van der Waals surface area contributed by atoms with Gasteiger partial charge in [-0.1, -0.05) is 60.7 Å². The molecule has 0 heterocycles. The molecule has 0 spiro atoms. The van der Waals surface area contributed by atoms with Gasteiger partial charge in [-0.25, -0.2) is 0 Å². The van der Waals surface area contributed by atoms with Crippen molar-refractivity contribution in [1.29, 1.82) is 5.26 Å². The van der Waals surface area contributed by atoms with Crippen LogP contribution < -0.4 is 5.32 Å². The minimum absolute atomic E-state index is 0.186. The molecule has 0 saturated carbocycles. The molecule has 1 amide bonds. The second-order valence-electron chi connectivity index (χ2n) is 5.18. The van der Waals surface area contributed by atoms with Crippen LogP contribution in [0.1, 0.15) is 24.5 Å². The molecule has 1 atom stereocenters. The number of nitriles is 1. The highest BCUT2D eigenvalue weighted by molar-refractivity contribution is 5.90. The first kappa shape index (κ1) is 15.7. The van der Waals surface area contributed by atoms with Crippen LogP contribution in [0.25, 0.3) is 0 Å². The maximum absolute atomic E-state index is 12.7. The van der Waals surface area contributed by atoms with Gasteiger partial charge < -0.3 is 10.4 Å². The van der Waals surface area contributed by atoms with Crippen molar-refractivity contribution in [2.75, 3.05) is 0 Å². The molecular weight excluding hydrogens is 276 g/mol. The largest absolute Gasteiger partial charge is 0.372 e. The molecule has 22 heavy (non-hydrogen) atoms. The molecule has 0 fully saturated rings. The second kappa shape index (κ2) is 6.88. The van der Waals surface area contributed by atoms with Gasteiger partial charge in [0.15, 0.2) is 5.60 Å². The first-order chi connectivity index (χ1) is 10.6. The van der Waals surface area contributed by atoms with Crippen molar-refractivity contribution in [3.63, 3.8) is 0 Å². The van der Waals surface area contributed by atoms with E-state index in [2.05, 4.69) is 5.32 Å². The second-order valence-corrected chi connectivity index (χ2v) is 5.18. The quantitative estimate of drug-likeness (QED) is 0.889. The van der Waals surface area contributed by atoms with Crippen molar-refractivity contribution in [3.8, 4) is 6.07 Å². The smallest absolute Gasteiger partial charge is 0.261 e. The molecule has 0 aliphatic heterocycles. The molecule has 0 aliphatic rings. The first-order valence-corrected chi connectivity index (χ1v) is 7.10. The fraction of sp³-hybridized carbons (Fsp3) is 0.222. The third kappa shape index (κ3) is 3.16. The zero-order valence-corrected chi connectivity index (χ0v) is 12.4. The number of amides is 1.